The first-order valence-corrected chi connectivity index (χ1v) is 16.0. The molecule has 0 aliphatic carbocycles. The summed E-state index contributed by atoms with van der Waals surface area (Å²) in [6.07, 6.45) is 0.244. The fraction of sp³-hybridized carbons (Fsp3) is 0.143. The van der Waals surface area contributed by atoms with E-state index in [1.54, 1.807) is 67.8 Å². The molecule has 1 unspecified atom stereocenters. The molecular formula is C28H24Br2O7S2. The van der Waals surface area contributed by atoms with E-state index in [9.17, 15) is 16.8 Å². The minimum absolute atomic E-state index is 0.0103. The summed E-state index contributed by atoms with van der Waals surface area (Å²) in [4.78, 5) is 0.0413. The van der Waals surface area contributed by atoms with Crippen LogP contribution in [0.4, 0.5) is 0 Å². The van der Waals surface area contributed by atoms with Gasteiger partial charge in [-0.15, -0.1) is 0 Å². The first kappa shape index (κ1) is 29.3. The van der Waals surface area contributed by atoms with Crippen molar-refractivity contribution in [2.24, 2.45) is 0 Å². The molecule has 0 heterocycles. The van der Waals surface area contributed by atoms with Crippen molar-refractivity contribution in [3.63, 3.8) is 0 Å². The number of ether oxygens (including phenoxy) is 1. The molecule has 0 aromatic heterocycles. The van der Waals surface area contributed by atoms with Crippen LogP contribution in [0, 0.1) is 0 Å². The summed E-state index contributed by atoms with van der Waals surface area (Å²) in [6.45, 7) is -0.182. The molecule has 0 saturated heterocycles. The molecule has 4 aromatic carbocycles. The summed E-state index contributed by atoms with van der Waals surface area (Å²) in [6, 6.07) is 26.2. The van der Waals surface area contributed by atoms with Crippen LogP contribution in [0.25, 0.3) is 0 Å². The number of hydrogen-bond donors (Lipinski definition) is 0. The van der Waals surface area contributed by atoms with E-state index in [1.165, 1.54) is 24.3 Å². The Labute approximate surface area is 245 Å². The predicted octanol–water partition coefficient (Wildman–Crippen LogP) is 6.72. The summed E-state index contributed by atoms with van der Waals surface area (Å²) in [5, 5.41) is 0. The van der Waals surface area contributed by atoms with Crippen molar-refractivity contribution in [3.8, 4) is 11.5 Å². The summed E-state index contributed by atoms with van der Waals surface area (Å²) < 4.78 is 69.5. The molecule has 1 atom stereocenters. The molecule has 39 heavy (non-hydrogen) atoms. The van der Waals surface area contributed by atoms with Crippen molar-refractivity contribution in [2.75, 3.05) is 13.7 Å². The average molecular weight is 696 g/mol. The molecule has 0 bridgehead atoms. The normalized spacial score (nSPS) is 12.6. The van der Waals surface area contributed by atoms with Gasteiger partial charge in [-0.2, -0.15) is 16.8 Å². The van der Waals surface area contributed by atoms with Crippen molar-refractivity contribution < 1.29 is 29.9 Å². The largest absolute Gasteiger partial charge is 0.497 e. The lowest BCUT2D eigenvalue weighted by Crippen LogP contribution is -2.17. The van der Waals surface area contributed by atoms with Gasteiger partial charge in [-0.25, -0.2) is 0 Å². The maximum atomic E-state index is 13.0. The molecule has 4 rings (SSSR count). The van der Waals surface area contributed by atoms with Crippen LogP contribution in [0.5, 0.6) is 11.5 Å². The van der Waals surface area contributed by atoms with E-state index >= 15 is 0 Å². The third kappa shape index (κ3) is 7.70. The number of rotatable bonds is 11. The van der Waals surface area contributed by atoms with Crippen LogP contribution < -0.4 is 8.92 Å². The van der Waals surface area contributed by atoms with Crippen LogP contribution >= 0.6 is 31.9 Å². The quantitative estimate of drug-likeness (QED) is 0.161. The Morgan fingerprint density at radius 3 is 1.79 bits per heavy atom. The van der Waals surface area contributed by atoms with Gasteiger partial charge in [-0.1, -0.05) is 62.2 Å². The number of para-hydroxylation sites is 1. The maximum Gasteiger partial charge on any atom is 0.339 e. The van der Waals surface area contributed by atoms with E-state index in [4.69, 9.17) is 13.1 Å². The van der Waals surface area contributed by atoms with Gasteiger partial charge in [-0.05, 0) is 84.3 Å². The van der Waals surface area contributed by atoms with Gasteiger partial charge >= 0.3 is 10.1 Å². The van der Waals surface area contributed by atoms with Crippen LogP contribution in [0.15, 0.2) is 116 Å². The first-order valence-electron chi connectivity index (χ1n) is 11.6. The molecule has 7 nitrogen and oxygen atoms in total. The Hall–Kier alpha value is -2.70. The zero-order valence-corrected chi connectivity index (χ0v) is 25.5. The first-order chi connectivity index (χ1) is 18.6. The van der Waals surface area contributed by atoms with Gasteiger partial charge in [0.2, 0.25) is 0 Å². The maximum absolute atomic E-state index is 13.0. The second-order valence-corrected chi connectivity index (χ2v) is 13.5. The Morgan fingerprint density at radius 2 is 1.23 bits per heavy atom. The second-order valence-electron chi connectivity index (χ2n) is 8.47. The van der Waals surface area contributed by atoms with E-state index in [0.717, 1.165) is 14.5 Å². The highest BCUT2D eigenvalue weighted by Crippen LogP contribution is 2.31. The Balaban J connectivity index is 1.62. The van der Waals surface area contributed by atoms with Crippen LogP contribution in [0.3, 0.4) is 0 Å². The second kappa shape index (κ2) is 12.6. The van der Waals surface area contributed by atoms with Gasteiger partial charge < -0.3 is 8.92 Å². The third-order valence-corrected chi connectivity index (χ3v) is 9.46. The van der Waals surface area contributed by atoms with Crippen molar-refractivity contribution in [2.45, 2.75) is 22.1 Å². The van der Waals surface area contributed by atoms with Crippen molar-refractivity contribution in [1.82, 2.24) is 0 Å². The Bertz CT molecular complexity index is 1620. The summed E-state index contributed by atoms with van der Waals surface area (Å²) in [5.41, 5.74) is 1.36. The van der Waals surface area contributed by atoms with Gasteiger partial charge in [-0.3, -0.25) is 4.18 Å². The zero-order chi connectivity index (χ0) is 28.0. The lowest BCUT2D eigenvalue weighted by atomic mass is 9.92. The number of hydrogen-bond acceptors (Lipinski definition) is 7. The summed E-state index contributed by atoms with van der Waals surface area (Å²) >= 11 is 6.59. The molecule has 0 N–H and O–H groups in total. The molecule has 0 fully saturated rings. The van der Waals surface area contributed by atoms with E-state index in [0.29, 0.717) is 11.3 Å². The molecule has 0 aliphatic rings. The van der Waals surface area contributed by atoms with Gasteiger partial charge in [0.15, 0.2) is 0 Å². The van der Waals surface area contributed by atoms with Crippen molar-refractivity contribution in [3.05, 3.63) is 117 Å². The van der Waals surface area contributed by atoms with E-state index in [1.807, 2.05) is 12.1 Å². The Kier molecular flexibility index (Phi) is 9.50. The van der Waals surface area contributed by atoms with Gasteiger partial charge in [0.1, 0.15) is 16.4 Å². The fourth-order valence-electron chi connectivity index (χ4n) is 3.78. The highest BCUT2D eigenvalue weighted by atomic mass is 79.9. The van der Waals surface area contributed by atoms with Crippen LogP contribution in [0.2, 0.25) is 0 Å². The number of benzene rings is 4. The minimum Gasteiger partial charge on any atom is -0.497 e. The molecule has 204 valence electrons. The molecule has 0 saturated carbocycles. The average Bonchev–Trinajstić information content (AvgIpc) is 2.92. The molecule has 0 aliphatic heterocycles. The Morgan fingerprint density at radius 1 is 0.692 bits per heavy atom. The molecule has 0 spiro atoms. The molecular weight excluding hydrogens is 672 g/mol. The molecule has 0 amide bonds. The zero-order valence-electron chi connectivity index (χ0n) is 20.7. The van der Waals surface area contributed by atoms with E-state index in [2.05, 4.69) is 31.9 Å². The van der Waals surface area contributed by atoms with Crippen molar-refractivity contribution in [1.29, 1.82) is 0 Å². The molecule has 0 radical (unpaired) electrons. The van der Waals surface area contributed by atoms with Crippen LogP contribution in [-0.4, -0.2) is 30.6 Å². The SMILES string of the molecule is COc1ccc(C(COS(=O)(=O)c2ccc(Br)cc2)Cc2ccccc2OS(=O)(=O)c2ccc(Br)cc2)cc1. The van der Waals surface area contributed by atoms with Gasteiger partial charge in [0.05, 0.1) is 18.6 Å². The molecule has 11 heteroatoms. The van der Waals surface area contributed by atoms with E-state index in [-0.39, 0.29) is 28.6 Å². The number of methoxy groups -OCH3 is 1. The monoisotopic (exact) mass is 694 g/mol. The summed E-state index contributed by atoms with van der Waals surface area (Å²) in [5.74, 6) is 0.334. The van der Waals surface area contributed by atoms with E-state index < -0.39 is 26.2 Å². The fourth-order valence-corrected chi connectivity index (χ4v) is 6.22. The van der Waals surface area contributed by atoms with Gasteiger partial charge in [0.25, 0.3) is 10.1 Å². The van der Waals surface area contributed by atoms with Gasteiger partial charge in [0, 0.05) is 14.9 Å². The van der Waals surface area contributed by atoms with Crippen LogP contribution in [-0.2, 0) is 30.8 Å². The number of halogens is 2. The van der Waals surface area contributed by atoms with Crippen molar-refractivity contribution >= 4 is 52.1 Å². The topological polar surface area (TPSA) is 96.0 Å². The lowest BCUT2D eigenvalue weighted by Gasteiger charge is -2.20. The highest BCUT2D eigenvalue weighted by Gasteiger charge is 2.24. The standard InChI is InChI=1S/C28H24Br2O7S2/c1-35-25-12-6-20(7-13-25)22(19-36-38(31,32)26-14-8-23(29)9-15-26)18-21-4-2-3-5-28(21)37-39(33,34)27-16-10-24(30)11-17-27/h2-17,22H,18-19H2,1H3. The smallest absolute Gasteiger partial charge is 0.339 e. The minimum atomic E-state index is -4.11. The molecule has 4 aromatic rings. The highest BCUT2D eigenvalue weighted by molar-refractivity contribution is 9.10. The predicted molar refractivity (Wildman–Crippen MR) is 155 cm³/mol. The third-order valence-electron chi connectivity index (χ3n) is 5.85. The van der Waals surface area contributed by atoms with Crippen LogP contribution in [0.1, 0.15) is 17.0 Å². The lowest BCUT2D eigenvalue weighted by molar-refractivity contribution is 0.289. The summed E-state index contributed by atoms with van der Waals surface area (Å²) in [7, 11) is -6.59.